The van der Waals surface area contributed by atoms with E-state index in [1.54, 1.807) is 0 Å². The van der Waals surface area contributed by atoms with Gasteiger partial charge in [-0.3, -0.25) is 9.89 Å². The number of primary amides is 1. The number of aromatic nitrogens is 2. The predicted octanol–water partition coefficient (Wildman–Crippen LogP) is -0.545. The number of aliphatic hydroxyl groups is 4. The normalized spacial score (nSPS) is 23.8. The number of nitrogens with two attached hydrogens (primary N) is 1. The van der Waals surface area contributed by atoms with E-state index >= 15 is 0 Å². The van der Waals surface area contributed by atoms with Gasteiger partial charge in [0.25, 0.3) is 0 Å². The molecule has 1 saturated heterocycles. The van der Waals surface area contributed by atoms with Crippen molar-refractivity contribution in [1.82, 2.24) is 15.5 Å². The van der Waals surface area contributed by atoms with Gasteiger partial charge in [0.05, 0.1) is 6.61 Å². The topological polar surface area (TPSA) is 192 Å². The Morgan fingerprint density at radius 2 is 1.97 bits per heavy atom. The minimum atomic E-state index is -1.55. The van der Waals surface area contributed by atoms with Crippen molar-refractivity contribution in [2.45, 2.75) is 70.2 Å². The minimum absolute atomic E-state index is 0.0969. The van der Waals surface area contributed by atoms with Gasteiger partial charge in [0.15, 0.2) is 0 Å². The van der Waals surface area contributed by atoms with Gasteiger partial charge < -0.3 is 45.7 Å². The van der Waals surface area contributed by atoms with Crippen LogP contribution >= 0.6 is 0 Å². The Balaban J connectivity index is 1.70. The van der Waals surface area contributed by atoms with Crippen molar-refractivity contribution in [2.24, 2.45) is 5.73 Å². The van der Waals surface area contributed by atoms with Crippen molar-refractivity contribution in [3.8, 4) is 11.6 Å². The molecule has 0 spiro atoms. The van der Waals surface area contributed by atoms with Gasteiger partial charge in [0, 0.05) is 37.2 Å². The highest BCUT2D eigenvalue weighted by Gasteiger charge is 2.45. The zero-order valence-electron chi connectivity index (χ0n) is 21.4. The fraction of sp³-hybridized carbons (Fsp3) is 0.600. The van der Waals surface area contributed by atoms with Crippen LogP contribution in [-0.4, -0.2) is 93.5 Å². The Morgan fingerprint density at radius 1 is 1.22 bits per heavy atom. The van der Waals surface area contributed by atoms with Crippen LogP contribution in [0.15, 0.2) is 18.2 Å². The summed E-state index contributed by atoms with van der Waals surface area (Å²) in [6, 6.07) is 5.77. The number of hydrogen-bond acceptors (Lipinski definition) is 10. The quantitative estimate of drug-likeness (QED) is 0.168. The maximum Gasteiger partial charge on any atom is 0.238 e. The average molecular weight is 523 g/mol. The molecule has 12 nitrogen and oxygen atoms in total. The summed E-state index contributed by atoms with van der Waals surface area (Å²) in [5.41, 5.74) is 8.73. The third kappa shape index (κ3) is 7.40. The number of hydrogen-bond donors (Lipinski definition) is 7. The smallest absolute Gasteiger partial charge is 0.238 e. The van der Waals surface area contributed by atoms with E-state index in [9.17, 15) is 25.2 Å². The Labute approximate surface area is 215 Å². The SMILES string of the molecule is Cc1cc(OCCNCCC(N)=O)ccc1Cc1c(OC2O[C@H](CO)[C@@H](O)[C@H](O)[C@H]2O)n[nH]c1C(C)C. The van der Waals surface area contributed by atoms with Crippen molar-refractivity contribution in [2.75, 3.05) is 26.3 Å². The van der Waals surface area contributed by atoms with Crippen molar-refractivity contribution in [3.63, 3.8) is 0 Å². The summed E-state index contributed by atoms with van der Waals surface area (Å²) in [6.45, 7) is 6.97. The Hall–Kier alpha value is -2.74. The Kier molecular flexibility index (Phi) is 10.3. The van der Waals surface area contributed by atoms with E-state index in [0.29, 0.717) is 31.9 Å². The van der Waals surface area contributed by atoms with Crippen LogP contribution in [0.2, 0.25) is 0 Å². The molecular weight excluding hydrogens is 484 g/mol. The lowest BCUT2D eigenvalue weighted by atomic mass is 9.96. The van der Waals surface area contributed by atoms with Crippen molar-refractivity contribution in [3.05, 3.63) is 40.6 Å². The van der Waals surface area contributed by atoms with E-state index in [2.05, 4.69) is 15.5 Å². The van der Waals surface area contributed by atoms with Gasteiger partial charge in [-0.2, -0.15) is 0 Å². The molecule has 0 saturated carbocycles. The van der Waals surface area contributed by atoms with Crippen molar-refractivity contribution >= 4 is 5.91 Å². The number of benzene rings is 1. The highest BCUT2D eigenvalue weighted by atomic mass is 16.7. The van der Waals surface area contributed by atoms with Crippen LogP contribution in [0.3, 0.4) is 0 Å². The second-order valence-corrected chi connectivity index (χ2v) is 9.47. The molecule has 1 aliphatic heterocycles. The first-order valence-electron chi connectivity index (χ1n) is 12.4. The second kappa shape index (κ2) is 13.2. The molecule has 5 atom stereocenters. The molecule has 1 unspecified atom stereocenters. The summed E-state index contributed by atoms with van der Waals surface area (Å²) < 4.78 is 17.1. The summed E-state index contributed by atoms with van der Waals surface area (Å²) in [5, 5.41) is 50.3. The predicted molar refractivity (Wildman–Crippen MR) is 133 cm³/mol. The summed E-state index contributed by atoms with van der Waals surface area (Å²) in [5.74, 6) is 0.668. The van der Waals surface area contributed by atoms with E-state index < -0.39 is 37.3 Å². The van der Waals surface area contributed by atoms with Crippen LogP contribution in [0.1, 0.15) is 48.6 Å². The van der Waals surface area contributed by atoms with E-state index in [1.165, 1.54) is 0 Å². The molecular formula is C25H38N4O8. The lowest BCUT2D eigenvalue weighted by Crippen LogP contribution is -2.60. The number of rotatable bonds is 13. The first-order chi connectivity index (χ1) is 17.6. The third-order valence-electron chi connectivity index (χ3n) is 6.29. The van der Waals surface area contributed by atoms with Gasteiger partial charge in [-0.1, -0.05) is 19.9 Å². The zero-order valence-corrected chi connectivity index (χ0v) is 21.4. The number of nitrogens with zero attached hydrogens (tertiary/aromatic N) is 1. The monoisotopic (exact) mass is 522 g/mol. The number of aryl methyl sites for hydroxylation is 1. The fourth-order valence-electron chi connectivity index (χ4n) is 4.11. The van der Waals surface area contributed by atoms with Gasteiger partial charge in [0.1, 0.15) is 36.8 Å². The molecule has 1 fully saturated rings. The third-order valence-corrected chi connectivity index (χ3v) is 6.29. The summed E-state index contributed by atoms with van der Waals surface area (Å²) >= 11 is 0. The first-order valence-corrected chi connectivity index (χ1v) is 12.4. The van der Waals surface area contributed by atoms with Gasteiger partial charge >= 0.3 is 0 Å². The summed E-state index contributed by atoms with van der Waals surface area (Å²) in [4.78, 5) is 10.8. The molecule has 0 radical (unpaired) electrons. The highest BCUT2D eigenvalue weighted by Crippen LogP contribution is 2.32. The van der Waals surface area contributed by atoms with E-state index in [0.717, 1.165) is 22.4 Å². The molecule has 206 valence electrons. The maximum absolute atomic E-state index is 10.8. The second-order valence-electron chi connectivity index (χ2n) is 9.47. The van der Waals surface area contributed by atoms with Gasteiger partial charge in [0.2, 0.25) is 18.1 Å². The molecule has 37 heavy (non-hydrogen) atoms. The van der Waals surface area contributed by atoms with E-state index in [4.69, 9.17) is 19.9 Å². The first kappa shape index (κ1) is 28.8. The molecule has 8 N–H and O–H groups in total. The molecule has 1 aromatic heterocycles. The average Bonchev–Trinajstić information content (AvgIpc) is 3.25. The number of amides is 1. The van der Waals surface area contributed by atoms with Crippen molar-refractivity contribution in [1.29, 1.82) is 0 Å². The van der Waals surface area contributed by atoms with E-state index in [1.807, 2.05) is 39.0 Å². The number of H-pyrrole nitrogens is 1. The number of carbonyl (C=O) groups is 1. The minimum Gasteiger partial charge on any atom is -0.492 e. The lowest BCUT2D eigenvalue weighted by Gasteiger charge is -2.39. The fourth-order valence-corrected chi connectivity index (χ4v) is 4.11. The van der Waals surface area contributed by atoms with Crippen LogP contribution in [0.4, 0.5) is 0 Å². The van der Waals surface area contributed by atoms with E-state index in [-0.39, 0.29) is 24.1 Å². The van der Waals surface area contributed by atoms with Crippen LogP contribution in [0, 0.1) is 6.92 Å². The molecule has 0 aliphatic carbocycles. The molecule has 0 bridgehead atoms. The molecule has 3 rings (SSSR count). The summed E-state index contributed by atoms with van der Waals surface area (Å²) in [7, 11) is 0. The van der Waals surface area contributed by atoms with Crippen LogP contribution in [0.5, 0.6) is 11.6 Å². The molecule has 1 aromatic carbocycles. The Morgan fingerprint density at radius 3 is 2.62 bits per heavy atom. The number of ether oxygens (including phenoxy) is 3. The van der Waals surface area contributed by atoms with Crippen LogP contribution in [-0.2, 0) is 16.0 Å². The van der Waals surface area contributed by atoms with Gasteiger partial charge in [-0.25, -0.2) is 0 Å². The molecule has 2 heterocycles. The van der Waals surface area contributed by atoms with Crippen molar-refractivity contribution < 1.29 is 39.4 Å². The molecule has 1 aliphatic rings. The Bertz CT molecular complexity index is 1030. The largest absolute Gasteiger partial charge is 0.492 e. The van der Waals surface area contributed by atoms with Crippen LogP contribution < -0.4 is 20.5 Å². The zero-order chi connectivity index (χ0) is 27.1. The number of nitrogens with one attached hydrogen (secondary N) is 2. The summed E-state index contributed by atoms with van der Waals surface area (Å²) in [6.07, 6.45) is -6.21. The standard InChI is InChI=1S/C25H38N4O8/c1-13(2)20-17(24(29-28-20)37-25-23(34)22(33)21(32)18(12-30)36-25)11-15-4-5-16(10-14(15)3)35-9-8-27-7-6-19(26)31/h4-5,10,13,18,21-23,25,27,30,32-34H,6-9,11-12H2,1-3H3,(H2,26,31)(H,28,29)/t18-,21-,22+,23-,25?/m1/s1. The molecule has 1 amide bonds. The van der Waals surface area contributed by atoms with Gasteiger partial charge in [-0.05, 0) is 36.1 Å². The molecule has 12 heteroatoms. The lowest BCUT2D eigenvalue weighted by molar-refractivity contribution is -0.278. The van der Waals surface area contributed by atoms with Gasteiger partial charge in [-0.15, -0.1) is 5.10 Å². The molecule has 2 aromatic rings. The maximum atomic E-state index is 10.8. The van der Waals surface area contributed by atoms with Crippen LogP contribution in [0.25, 0.3) is 0 Å². The number of aromatic amines is 1. The number of aliphatic hydroxyl groups excluding tert-OH is 4. The highest BCUT2D eigenvalue weighted by molar-refractivity contribution is 5.73. The number of carbonyl (C=O) groups excluding carboxylic acids is 1.